The van der Waals surface area contributed by atoms with Crippen molar-refractivity contribution >= 4 is 102 Å². The SMILES string of the molecule is C[n+]1cc(-c2ccc(OC[C@H](O/N=C(\C(=O)N[C@@H]3C(=O)N(OS(=O)(=O)ON4C(=O)[C@@H](NC(=O)/C(=N\O[C@@H](COc5ccc(-c6ccc(NCCN)[n+](C)c6)c(F)c5)C(=O)O)c5csc(N)n5)C4(C)C)C3(C)C)c3csc(N)n3)C(=O)O)cc2F)ccc1NCCN. The lowest BCUT2D eigenvalue weighted by molar-refractivity contribution is -0.656. The minimum Gasteiger partial charge on any atom is -0.489 e. The molecule has 2 aliphatic heterocycles. The maximum Gasteiger partial charge on any atom is 0.442 e. The van der Waals surface area contributed by atoms with E-state index in [1.807, 2.05) is 0 Å². The van der Waals surface area contributed by atoms with Gasteiger partial charge in [0.05, 0.1) is 50.7 Å². The van der Waals surface area contributed by atoms with Crippen LogP contribution < -0.4 is 62.8 Å². The van der Waals surface area contributed by atoms with E-state index in [0.717, 1.165) is 46.4 Å². The first-order chi connectivity index (χ1) is 43.0. The molecule has 91 heavy (non-hydrogen) atoms. The molecule has 6 heterocycles. The van der Waals surface area contributed by atoms with Crippen molar-refractivity contribution in [3.05, 3.63) is 107 Å². The van der Waals surface area contributed by atoms with Gasteiger partial charge in [0.25, 0.3) is 47.5 Å². The highest BCUT2D eigenvalue weighted by Crippen LogP contribution is 2.37. The molecule has 2 saturated heterocycles. The monoisotopic (exact) mass is 1320 g/mol. The van der Waals surface area contributed by atoms with Gasteiger partial charge in [0.2, 0.25) is 0 Å². The Kier molecular flexibility index (Phi) is 20.6. The Hall–Kier alpha value is -9.79. The van der Waals surface area contributed by atoms with Crippen LogP contribution in [0.1, 0.15) is 39.1 Å². The zero-order valence-electron chi connectivity index (χ0n) is 49.1. The first-order valence-electron chi connectivity index (χ1n) is 27.1. The molecule has 484 valence electrons. The van der Waals surface area contributed by atoms with Crippen molar-refractivity contribution in [3.8, 4) is 33.8 Å². The number of carbonyl (C=O) groups excluding carboxylic acids is 4. The third-order valence-corrected chi connectivity index (χ3v) is 15.8. The molecule has 4 amide bonds. The van der Waals surface area contributed by atoms with Crippen molar-refractivity contribution in [2.45, 2.75) is 63.1 Å². The Morgan fingerprint density at radius 3 is 1.36 bits per heavy atom. The van der Waals surface area contributed by atoms with Crippen LogP contribution in [0.25, 0.3) is 22.3 Å². The van der Waals surface area contributed by atoms with Crippen LogP contribution in [0.5, 0.6) is 11.5 Å². The second-order valence-corrected chi connectivity index (χ2v) is 23.9. The average Bonchev–Trinajstić information content (AvgIpc) is 1.38. The lowest BCUT2D eigenvalue weighted by atomic mass is 9.84. The minimum atomic E-state index is -5.41. The fourth-order valence-corrected chi connectivity index (χ4v) is 10.9. The number of pyridine rings is 2. The average molecular weight is 1330 g/mol. The van der Waals surface area contributed by atoms with Crippen molar-refractivity contribution in [2.75, 3.05) is 61.5 Å². The van der Waals surface area contributed by atoms with E-state index in [2.05, 4.69) is 41.5 Å². The number of nitrogens with one attached hydrogen (secondary N) is 4. The largest absolute Gasteiger partial charge is 0.489 e. The number of hydroxylamine groups is 4. The van der Waals surface area contributed by atoms with Crippen LogP contribution in [0.3, 0.4) is 0 Å². The van der Waals surface area contributed by atoms with Crippen LogP contribution in [0.15, 0.2) is 94.1 Å². The molecule has 0 saturated carbocycles. The van der Waals surface area contributed by atoms with Crippen LogP contribution in [0.4, 0.5) is 30.7 Å². The number of aryl methyl sites for hydroxylation is 2. The van der Waals surface area contributed by atoms with Gasteiger partial charge in [0.15, 0.2) is 21.7 Å². The van der Waals surface area contributed by atoms with Crippen LogP contribution in [0, 0.1) is 11.6 Å². The Balaban J connectivity index is 0.869. The summed E-state index contributed by atoms with van der Waals surface area (Å²) in [6.45, 7) is 5.42. The second kappa shape index (κ2) is 27.9. The number of oxime groups is 2. The number of thiazole rings is 2. The smallest absolute Gasteiger partial charge is 0.442 e. The maximum absolute atomic E-state index is 15.4. The number of nitrogens with two attached hydrogens (primary N) is 4. The number of carbonyl (C=O) groups is 6. The summed E-state index contributed by atoms with van der Waals surface area (Å²) in [7, 11) is -1.89. The number of aliphatic carboxylic acids is 2. The molecule has 0 unspecified atom stereocenters. The van der Waals surface area contributed by atoms with Gasteiger partial charge >= 0.3 is 22.3 Å². The normalized spacial score (nSPS) is 16.8. The van der Waals surface area contributed by atoms with E-state index in [9.17, 15) is 47.4 Å². The molecule has 0 aliphatic carbocycles. The summed E-state index contributed by atoms with van der Waals surface area (Å²) in [6.07, 6.45) is -0.450. The molecule has 2 fully saturated rings. The lowest BCUT2D eigenvalue weighted by Crippen LogP contribution is -2.78. The van der Waals surface area contributed by atoms with Crippen molar-refractivity contribution in [2.24, 2.45) is 35.9 Å². The summed E-state index contributed by atoms with van der Waals surface area (Å²) in [4.78, 5) is 98.1. The van der Waals surface area contributed by atoms with Gasteiger partial charge in [0.1, 0.15) is 59.8 Å². The topological polar surface area (TPSA) is 449 Å². The number of carboxylic acid groups (broad SMARTS) is 2. The third kappa shape index (κ3) is 15.4. The first-order valence-corrected chi connectivity index (χ1v) is 30.1. The number of ether oxygens (including phenoxy) is 2. The summed E-state index contributed by atoms with van der Waals surface area (Å²) >= 11 is 1.72. The number of hydrogen-bond donors (Lipinski definition) is 10. The number of nitrogens with zero attached hydrogens (tertiary/aromatic N) is 8. The van der Waals surface area contributed by atoms with Crippen molar-refractivity contribution < 1.29 is 93.0 Å². The number of anilines is 4. The van der Waals surface area contributed by atoms with Gasteiger partial charge < -0.3 is 62.9 Å². The summed E-state index contributed by atoms with van der Waals surface area (Å²) < 4.78 is 82.3. The number of halogens is 2. The highest BCUT2D eigenvalue weighted by molar-refractivity contribution is 7.81. The van der Waals surface area contributed by atoms with Gasteiger partial charge in [0, 0.05) is 70.4 Å². The zero-order valence-corrected chi connectivity index (χ0v) is 51.6. The molecule has 37 heteroatoms. The van der Waals surface area contributed by atoms with Gasteiger partial charge in [-0.2, -0.15) is 18.5 Å². The van der Waals surface area contributed by atoms with E-state index in [1.54, 1.807) is 59.9 Å². The molecule has 0 radical (unpaired) electrons. The third-order valence-electron chi connectivity index (χ3n) is 13.8. The molecular weight excluding hydrogens is 1260 g/mol. The number of carboxylic acids is 2. The van der Waals surface area contributed by atoms with Gasteiger partial charge in [-0.15, -0.1) is 31.2 Å². The van der Waals surface area contributed by atoms with Gasteiger partial charge in [-0.05, 0) is 64.1 Å². The number of nitrogen functional groups attached to an aromatic ring is 2. The number of benzene rings is 2. The summed E-state index contributed by atoms with van der Waals surface area (Å²) in [5.41, 5.74) is 18.9. The molecule has 0 spiro atoms. The zero-order chi connectivity index (χ0) is 66.3. The predicted octanol–water partition coefficient (Wildman–Crippen LogP) is 0.292. The van der Waals surface area contributed by atoms with E-state index in [0.29, 0.717) is 47.4 Å². The molecule has 0 bridgehead atoms. The van der Waals surface area contributed by atoms with Gasteiger partial charge in [-0.1, -0.05) is 10.3 Å². The summed E-state index contributed by atoms with van der Waals surface area (Å²) in [6, 6.07) is 11.5. The fourth-order valence-electron chi connectivity index (χ4n) is 8.86. The maximum atomic E-state index is 15.4. The molecular formula is C54H62F2N16O16S3+2. The fraction of sp³-hybridized carbons (Fsp3) is 0.333. The molecule has 4 atom stereocenters. The number of aromatic nitrogens is 4. The van der Waals surface area contributed by atoms with Crippen molar-refractivity contribution in [3.63, 3.8) is 0 Å². The summed E-state index contributed by atoms with van der Waals surface area (Å²) in [5, 5.41) is 41.5. The minimum absolute atomic E-state index is 0.0572. The Bertz CT molecular complexity index is 3720. The summed E-state index contributed by atoms with van der Waals surface area (Å²) in [5.74, 6) is -8.04. The molecule has 32 nitrogen and oxygen atoms in total. The molecule has 4 aromatic heterocycles. The van der Waals surface area contributed by atoms with E-state index in [1.165, 1.54) is 62.7 Å². The van der Waals surface area contributed by atoms with E-state index < -0.39 is 118 Å². The van der Waals surface area contributed by atoms with E-state index in [-0.39, 0.29) is 44.3 Å². The molecule has 2 aliphatic rings. The predicted molar refractivity (Wildman–Crippen MR) is 320 cm³/mol. The van der Waals surface area contributed by atoms with E-state index >= 15 is 8.78 Å². The number of β-lactam (4-membered cyclic amide) rings is 2. The number of amides is 4. The van der Waals surface area contributed by atoms with Crippen LogP contribution in [-0.4, -0.2) is 160 Å². The first kappa shape index (κ1) is 67.1. The Labute approximate surface area is 524 Å². The van der Waals surface area contributed by atoms with Crippen LogP contribution in [0.2, 0.25) is 0 Å². The van der Waals surface area contributed by atoms with E-state index in [4.69, 9.17) is 50.7 Å². The molecule has 8 rings (SSSR count). The number of rotatable bonds is 30. The standard InChI is InChI=1S/C54H60F2N16O16S3/c1-53(2)43(65-45(73)41(35-25-89-51(59)63-35)67-85-37(49(77)78)23-83-29-9-11-31(33(55)19-29)27-7-13-39(61-17-15-57)69(5)21-27)47(75)71(53)87-91(81,82)88-72-48(76)44(54(72,3)4)66-46(74)42(36-26-90-52(60)64-36)68-86-38(50(79)80)24-84-30-10-12-32(34(56)20-30)28-8-14-40(62-18-16-58)70(6)22-28/h7-14,19-22,25-26,37-38,43-44H,15-18,23-24,57-58H2,1-6H3,(H8,59,60,63,64,65,66,73,74,77,78,79,80)/p+2/b67-41-,68-42-/t37-,38-,43+,44+/m0/s1. The highest BCUT2D eigenvalue weighted by atomic mass is 32.3. The van der Waals surface area contributed by atoms with Crippen LogP contribution >= 0.6 is 22.7 Å². The van der Waals surface area contributed by atoms with Gasteiger partial charge in [-0.3, -0.25) is 29.8 Å². The molecule has 2 aromatic carbocycles. The second-order valence-electron chi connectivity index (χ2n) is 21.0. The number of hydrogen-bond acceptors (Lipinski definition) is 26. The Morgan fingerprint density at radius 1 is 0.670 bits per heavy atom. The van der Waals surface area contributed by atoms with Crippen molar-refractivity contribution in [1.29, 1.82) is 0 Å². The molecule has 6 aromatic rings. The van der Waals surface area contributed by atoms with Crippen LogP contribution in [-0.2, 0) is 71.5 Å². The lowest BCUT2D eigenvalue weighted by Gasteiger charge is -2.52. The Morgan fingerprint density at radius 2 is 1.05 bits per heavy atom. The van der Waals surface area contributed by atoms with Crippen molar-refractivity contribution in [1.82, 2.24) is 30.7 Å². The molecule has 14 N–H and O–H groups in total. The quantitative estimate of drug-likeness (QED) is 0.0125. The van der Waals surface area contributed by atoms with Gasteiger partial charge in [-0.25, -0.2) is 37.5 Å². The highest BCUT2D eigenvalue weighted by Gasteiger charge is 2.61.